The molecule has 2 rings (SSSR count). The van der Waals surface area contributed by atoms with E-state index in [2.05, 4.69) is 36.0 Å². The predicted molar refractivity (Wildman–Crippen MR) is 79.6 cm³/mol. The molecule has 112 valence electrons. The molecule has 0 amide bonds. The molecular weight excluding hydrogens is 238 g/mol. The Bertz CT molecular complexity index is 262. The highest BCUT2D eigenvalue weighted by Crippen LogP contribution is 2.30. The molecule has 0 radical (unpaired) electrons. The van der Waals surface area contributed by atoms with Gasteiger partial charge in [0.25, 0.3) is 0 Å². The van der Waals surface area contributed by atoms with Crippen molar-refractivity contribution in [2.45, 2.75) is 32.7 Å². The van der Waals surface area contributed by atoms with Crippen molar-refractivity contribution in [2.75, 3.05) is 59.5 Å². The molecule has 2 aliphatic rings. The summed E-state index contributed by atoms with van der Waals surface area (Å²) in [6, 6.07) is 0.768. The number of rotatable bonds is 7. The Labute approximate surface area is 118 Å². The standard InChI is InChI=1S/C15H31N3O/c1-4-18(5-2)14-6-8-17(10-14)12-15(11-16-3)7-9-19-13-15/h14,16H,4-13H2,1-3H3. The van der Waals surface area contributed by atoms with Crippen molar-refractivity contribution >= 4 is 0 Å². The second kappa shape index (κ2) is 7.02. The minimum absolute atomic E-state index is 0.354. The van der Waals surface area contributed by atoms with Crippen molar-refractivity contribution in [2.24, 2.45) is 5.41 Å². The zero-order chi connectivity index (χ0) is 13.7. The summed E-state index contributed by atoms with van der Waals surface area (Å²) in [5, 5.41) is 3.36. The van der Waals surface area contributed by atoms with Gasteiger partial charge in [-0.1, -0.05) is 13.8 Å². The van der Waals surface area contributed by atoms with Gasteiger partial charge in [-0.05, 0) is 39.5 Å². The molecule has 0 aromatic heterocycles. The van der Waals surface area contributed by atoms with Crippen LogP contribution in [0.2, 0.25) is 0 Å². The van der Waals surface area contributed by atoms with Gasteiger partial charge in [0.1, 0.15) is 0 Å². The monoisotopic (exact) mass is 269 g/mol. The molecule has 0 bridgehead atoms. The van der Waals surface area contributed by atoms with E-state index in [1.807, 2.05) is 0 Å². The predicted octanol–water partition coefficient (Wildman–Crippen LogP) is 1.03. The Balaban J connectivity index is 1.86. The second-order valence-electron chi connectivity index (χ2n) is 6.23. The highest BCUT2D eigenvalue weighted by Gasteiger charge is 2.38. The van der Waals surface area contributed by atoms with Gasteiger partial charge >= 0.3 is 0 Å². The van der Waals surface area contributed by atoms with E-state index >= 15 is 0 Å². The number of likely N-dealkylation sites (N-methyl/N-ethyl adjacent to an activating group) is 1. The van der Waals surface area contributed by atoms with Gasteiger partial charge in [-0.3, -0.25) is 4.90 Å². The van der Waals surface area contributed by atoms with E-state index in [0.29, 0.717) is 5.41 Å². The molecule has 1 N–H and O–H groups in total. The maximum atomic E-state index is 5.66. The van der Waals surface area contributed by atoms with Crippen molar-refractivity contribution < 1.29 is 4.74 Å². The van der Waals surface area contributed by atoms with E-state index in [1.54, 1.807) is 0 Å². The van der Waals surface area contributed by atoms with Crippen LogP contribution in [0, 0.1) is 5.41 Å². The molecule has 0 saturated carbocycles. The van der Waals surface area contributed by atoms with Crippen LogP contribution in [0.4, 0.5) is 0 Å². The topological polar surface area (TPSA) is 27.7 Å². The van der Waals surface area contributed by atoms with Gasteiger partial charge in [-0.15, -0.1) is 0 Å². The van der Waals surface area contributed by atoms with Crippen LogP contribution in [0.25, 0.3) is 0 Å². The summed E-state index contributed by atoms with van der Waals surface area (Å²) in [5.74, 6) is 0. The highest BCUT2D eigenvalue weighted by molar-refractivity contribution is 4.92. The number of nitrogens with zero attached hydrogens (tertiary/aromatic N) is 2. The third-order valence-corrected chi connectivity index (χ3v) is 4.87. The number of likely N-dealkylation sites (tertiary alicyclic amines) is 1. The van der Waals surface area contributed by atoms with Crippen molar-refractivity contribution in [1.29, 1.82) is 0 Å². The van der Waals surface area contributed by atoms with Crippen LogP contribution in [0.1, 0.15) is 26.7 Å². The average molecular weight is 269 g/mol. The number of hydrogen-bond donors (Lipinski definition) is 1. The van der Waals surface area contributed by atoms with Crippen molar-refractivity contribution in [1.82, 2.24) is 15.1 Å². The Morgan fingerprint density at radius 1 is 1.37 bits per heavy atom. The van der Waals surface area contributed by atoms with E-state index in [9.17, 15) is 0 Å². The Morgan fingerprint density at radius 3 is 2.74 bits per heavy atom. The van der Waals surface area contributed by atoms with Gasteiger partial charge in [0.2, 0.25) is 0 Å². The first kappa shape index (κ1) is 15.2. The van der Waals surface area contributed by atoms with Gasteiger partial charge in [-0.2, -0.15) is 0 Å². The van der Waals surface area contributed by atoms with Gasteiger partial charge in [0, 0.05) is 37.7 Å². The van der Waals surface area contributed by atoms with Crippen LogP contribution >= 0.6 is 0 Å². The lowest BCUT2D eigenvalue weighted by atomic mass is 9.86. The van der Waals surface area contributed by atoms with Crippen molar-refractivity contribution in [3.05, 3.63) is 0 Å². The van der Waals surface area contributed by atoms with Crippen LogP contribution in [-0.2, 0) is 4.74 Å². The van der Waals surface area contributed by atoms with Gasteiger partial charge in [0.05, 0.1) is 6.61 Å². The molecular formula is C15H31N3O. The lowest BCUT2D eigenvalue weighted by molar-refractivity contribution is 0.115. The van der Waals surface area contributed by atoms with Crippen molar-refractivity contribution in [3.8, 4) is 0 Å². The van der Waals surface area contributed by atoms with Crippen LogP contribution in [0.15, 0.2) is 0 Å². The normalized spacial score (nSPS) is 32.5. The maximum Gasteiger partial charge on any atom is 0.0547 e. The fraction of sp³-hybridized carbons (Fsp3) is 1.00. The number of nitrogens with one attached hydrogen (secondary N) is 1. The van der Waals surface area contributed by atoms with Gasteiger partial charge in [0.15, 0.2) is 0 Å². The first-order valence-corrected chi connectivity index (χ1v) is 7.92. The Morgan fingerprint density at radius 2 is 2.16 bits per heavy atom. The lowest BCUT2D eigenvalue weighted by Crippen LogP contribution is -2.44. The van der Waals surface area contributed by atoms with Crippen LogP contribution in [0.3, 0.4) is 0 Å². The summed E-state index contributed by atoms with van der Waals surface area (Å²) in [6.07, 6.45) is 2.54. The van der Waals surface area contributed by atoms with E-state index in [4.69, 9.17) is 4.74 Å². The SMILES string of the molecule is CCN(CC)C1CCN(CC2(CNC)CCOC2)C1. The zero-order valence-electron chi connectivity index (χ0n) is 13.0. The van der Waals surface area contributed by atoms with Crippen LogP contribution in [-0.4, -0.2) is 75.4 Å². The second-order valence-corrected chi connectivity index (χ2v) is 6.23. The van der Waals surface area contributed by atoms with Gasteiger partial charge in [-0.25, -0.2) is 0 Å². The van der Waals surface area contributed by atoms with E-state index in [-0.39, 0.29) is 0 Å². The number of hydrogen-bond acceptors (Lipinski definition) is 4. The van der Waals surface area contributed by atoms with E-state index in [0.717, 1.165) is 25.8 Å². The quantitative estimate of drug-likeness (QED) is 0.747. The first-order valence-electron chi connectivity index (χ1n) is 7.92. The van der Waals surface area contributed by atoms with Gasteiger partial charge < -0.3 is 15.0 Å². The molecule has 2 saturated heterocycles. The Hall–Kier alpha value is -0.160. The molecule has 0 aromatic rings. The van der Waals surface area contributed by atoms with Crippen LogP contribution < -0.4 is 5.32 Å². The van der Waals surface area contributed by atoms with E-state index < -0.39 is 0 Å². The smallest absolute Gasteiger partial charge is 0.0547 e. The minimum Gasteiger partial charge on any atom is -0.381 e. The maximum absolute atomic E-state index is 5.66. The summed E-state index contributed by atoms with van der Waals surface area (Å²) in [7, 11) is 2.06. The fourth-order valence-corrected chi connectivity index (χ4v) is 3.81. The molecule has 4 nitrogen and oxygen atoms in total. The summed E-state index contributed by atoms with van der Waals surface area (Å²) < 4.78 is 5.66. The Kier molecular flexibility index (Phi) is 5.63. The summed E-state index contributed by atoms with van der Waals surface area (Å²) in [4.78, 5) is 5.27. The third-order valence-electron chi connectivity index (χ3n) is 4.87. The largest absolute Gasteiger partial charge is 0.381 e. The lowest BCUT2D eigenvalue weighted by Gasteiger charge is -2.33. The number of ether oxygens (including phenoxy) is 1. The molecule has 0 aromatic carbocycles. The molecule has 0 spiro atoms. The minimum atomic E-state index is 0.354. The molecule has 19 heavy (non-hydrogen) atoms. The molecule has 2 unspecified atom stereocenters. The summed E-state index contributed by atoms with van der Waals surface area (Å²) in [6.45, 7) is 13.6. The third kappa shape index (κ3) is 3.69. The van der Waals surface area contributed by atoms with E-state index in [1.165, 1.54) is 45.6 Å². The zero-order valence-corrected chi connectivity index (χ0v) is 13.0. The molecule has 2 aliphatic heterocycles. The highest BCUT2D eigenvalue weighted by atomic mass is 16.5. The summed E-state index contributed by atoms with van der Waals surface area (Å²) in [5.41, 5.74) is 0.354. The first-order chi connectivity index (χ1) is 9.23. The fourth-order valence-electron chi connectivity index (χ4n) is 3.81. The van der Waals surface area contributed by atoms with Crippen molar-refractivity contribution in [3.63, 3.8) is 0 Å². The molecule has 2 fully saturated rings. The molecule has 2 atom stereocenters. The average Bonchev–Trinajstić information content (AvgIpc) is 3.03. The molecule has 0 aliphatic carbocycles. The molecule has 2 heterocycles. The molecule has 4 heteroatoms. The van der Waals surface area contributed by atoms with Crippen LogP contribution in [0.5, 0.6) is 0 Å². The summed E-state index contributed by atoms with van der Waals surface area (Å²) >= 11 is 0.